The predicted molar refractivity (Wildman–Crippen MR) is 51.5 cm³/mol. The molecular weight excluding hydrogens is 152 g/mol. The van der Waals surface area contributed by atoms with Gasteiger partial charge in [0.25, 0.3) is 0 Å². The summed E-state index contributed by atoms with van der Waals surface area (Å²) in [4.78, 5) is 0. The lowest BCUT2D eigenvalue weighted by atomic mass is 10.3. The third-order valence-electron chi connectivity index (χ3n) is 2.22. The van der Waals surface area contributed by atoms with Crippen molar-refractivity contribution in [3.05, 3.63) is 0 Å². The van der Waals surface area contributed by atoms with Crippen molar-refractivity contribution in [2.24, 2.45) is 0 Å². The van der Waals surface area contributed by atoms with E-state index < -0.39 is 8.97 Å². The Morgan fingerprint density at radius 3 is 3.00 bits per heavy atom. The van der Waals surface area contributed by atoms with Gasteiger partial charge < -0.3 is 4.43 Å². The molecule has 0 aromatic carbocycles. The number of hydrogen-bond donors (Lipinski definition) is 0. The van der Waals surface area contributed by atoms with E-state index in [1.807, 2.05) is 0 Å². The van der Waals surface area contributed by atoms with Crippen molar-refractivity contribution in [2.45, 2.75) is 51.1 Å². The molecule has 1 rings (SSSR count). The van der Waals surface area contributed by atoms with E-state index in [0.717, 1.165) is 18.7 Å². The van der Waals surface area contributed by atoms with E-state index >= 15 is 0 Å². The Bertz CT molecular complexity index is 124. The predicted octanol–water partition coefficient (Wildman–Crippen LogP) is 2.71. The Hall–Kier alpha value is 0.177. The van der Waals surface area contributed by atoms with Crippen LogP contribution in [0.4, 0.5) is 0 Å². The second-order valence-corrected chi connectivity index (χ2v) is 5.67. The highest BCUT2D eigenvalue weighted by Crippen LogP contribution is 2.16. The van der Waals surface area contributed by atoms with Gasteiger partial charge in [0.2, 0.25) is 0 Å². The zero-order chi connectivity index (χ0) is 8.86. The highest BCUT2D eigenvalue weighted by molar-refractivity contribution is 6.51. The van der Waals surface area contributed by atoms with Crippen LogP contribution in [-0.2, 0) is 4.43 Å². The van der Waals surface area contributed by atoms with E-state index in [9.17, 15) is 0 Å². The minimum atomic E-state index is -1.92. The highest BCUT2D eigenvalue weighted by Gasteiger charge is 2.14. The van der Waals surface area contributed by atoms with Crippen molar-refractivity contribution in [2.75, 3.05) is 6.61 Å². The minimum Gasteiger partial charge on any atom is -0.420 e. The van der Waals surface area contributed by atoms with E-state index in [1.165, 1.54) is 32.1 Å². The summed E-state index contributed by atoms with van der Waals surface area (Å²) in [6.07, 6.45) is 6.16. The molecule has 0 aliphatic carbocycles. The summed E-state index contributed by atoms with van der Waals surface area (Å²) in [6.45, 7) is 3.07. The first-order chi connectivity index (χ1) is 5.77. The average Bonchev–Trinajstić information content (AvgIpc) is 2.06. The highest BCUT2D eigenvalue weighted by atomic mass is 28.3. The van der Waals surface area contributed by atoms with Gasteiger partial charge in [-0.2, -0.15) is 0 Å². The maximum atomic E-state index is 8.12. The molecule has 0 aromatic heterocycles. The molecule has 0 amide bonds. The molecule has 0 bridgehead atoms. The molecule has 2 heteroatoms. The van der Waals surface area contributed by atoms with Crippen LogP contribution in [0.2, 0.25) is 12.1 Å². The summed E-state index contributed by atoms with van der Waals surface area (Å²) in [7, 11) is -1.92. The van der Waals surface area contributed by atoms with Crippen LogP contribution < -0.4 is 0 Å². The second-order valence-electron chi connectivity index (χ2n) is 3.30. The molecule has 0 N–H and O–H groups in total. The van der Waals surface area contributed by atoms with Crippen LogP contribution in [0.15, 0.2) is 0 Å². The van der Waals surface area contributed by atoms with Gasteiger partial charge in [-0.05, 0) is 18.5 Å². The van der Waals surface area contributed by atoms with E-state index in [-0.39, 0.29) is 0 Å². The third kappa shape index (κ3) is 3.92. The molecule has 0 aromatic rings. The fourth-order valence-electron chi connectivity index (χ4n) is 1.48. The second kappa shape index (κ2) is 5.78. The molecule has 0 radical (unpaired) electrons. The molecule has 0 saturated carbocycles. The maximum Gasteiger partial charge on any atom is 0.176 e. The molecule has 1 aliphatic rings. The number of unbranched alkanes of at least 4 members (excludes halogenated alkanes) is 2. The standard InChI is InChI=1S/C9H20OSi/c1-2-3-5-8-11-9-6-4-7-10-11/h11H,2-9H2,1H3/i11D. The van der Waals surface area contributed by atoms with Crippen LogP contribution in [0.25, 0.3) is 0 Å². The number of hydrogen-bond acceptors (Lipinski definition) is 1. The van der Waals surface area contributed by atoms with Crippen LogP contribution in [0.1, 0.15) is 39.0 Å². The van der Waals surface area contributed by atoms with Gasteiger partial charge in [0.05, 0.1) is 0 Å². The molecule has 1 aliphatic heterocycles. The molecule has 1 nitrogen and oxygen atoms in total. The first-order valence-corrected chi connectivity index (χ1v) is 6.73. The van der Waals surface area contributed by atoms with Crippen molar-refractivity contribution in [1.29, 1.82) is 1.23 Å². The van der Waals surface area contributed by atoms with Gasteiger partial charge in [-0.3, -0.25) is 0 Å². The molecule has 1 atom stereocenters. The topological polar surface area (TPSA) is 9.23 Å². The first-order valence-electron chi connectivity index (χ1n) is 5.41. The molecule has 66 valence electrons. The summed E-state index contributed by atoms with van der Waals surface area (Å²) in [5.41, 5.74) is 0. The van der Waals surface area contributed by atoms with Crippen molar-refractivity contribution in [3.63, 3.8) is 0 Å². The molecule has 0 spiro atoms. The smallest absolute Gasteiger partial charge is 0.176 e. The van der Waals surface area contributed by atoms with Gasteiger partial charge in [-0.15, -0.1) is 0 Å². The van der Waals surface area contributed by atoms with E-state index in [0.29, 0.717) is 0 Å². The third-order valence-corrected chi connectivity index (χ3v) is 4.65. The van der Waals surface area contributed by atoms with E-state index in [4.69, 9.17) is 5.66 Å². The maximum absolute atomic E-state index is 8.12. The van der Waals surface area contributed by atoms with E-state index in [1.54, 1.807) is 0 Å². The number of rotatable bonds is 4. The first kappa shape index (κ1) is 7.81. The zero-order valence-electron chi connectivity index (χ0n) is 8.57. The molecule has 1 fully saturated rings. The van der Waals surface area contributed by atoms with Crippen LogP contribution >= 0.6 is 0 Å². The Balaban J connectivity index is 2.17. The van der Waals surface area contributed by atoms with Gasteiger partial charge in [-0.25, -0.2) is 0 Å². The van der Waals surface area contributed by atoms with Crippen molar-refractivity contribution >= 4 is 8.97 Å². The SMILES string of the molecule is [2H][Si]1(CCCCC)CCCCO1. The van der Waals surface area contributed by atoms with Gasteiger partial charge in [0, 0.05) is 7.84 Å². The van der Waals surface area contributed by atoms with Gasteiger partial charge in [-0.1, -0.05) is 32.6 Å². The molecule has 11 heavy (non-hydrogen) atoms. The quantitative estimate of drug-likeness (QED) is 0.469. The van der Waals surface area contributed by atoms with Gasteiger partial charge in [0.1, 0.15) is 0 Å². The lowest BCUT2D eigenvalue weighted by Crippen LogP contribution is -2.22. The lowest BCUT2D eigenvalue weighted by Gasteiger charge is -2.20. The van der Waals surface area contributed by atoms with Crippen molar-refractivity contribution in [3.8, 4) is 0 Å². The summed E-state index contributed by atoms with van der Waals surface area (Å²) in [6, 6.07) is 2.15. The van der Waals surface area contributed by atoms with Crippen molar-refractivity contribution < 1.29 is 4.43 Å². The largest absolute Gasteiger partial charge is 0.420 e. The molecule has 1 heterocycles. The Kier molecular flexibility index (Phi) is 4.10. The Labute approximate surface area is 73.1 Å². The van der Waals surface area contributed by atoms with Crippen LogP contribution in [0, 0.1) is 0 Å². The molecule has 1 saturated heterocycles. The Morgan fingerprint density at radius 2 is 2.36 bits per heavy atom. The van der Waals surface area contributed by atoms with Crippen LogP contribution in [-0.4, -0.2) is 16.8 Å². The summed E-state index contributed by atoms with van der Waals surface area (Å²) < 4.78 is 13.7. The van der Waals surface area contributed by atoms with E-state index in [2.05, 4.69) is 6.92 Å². The molecular formula is C9H20OSi. The van der Waals surface area contributed by atoms with Gasteiger partial charge >= 0.3 is 0 Å². The summed E-state index contributed by atoms with van der Waals surface area (Å²) >= 11 is 0. The van der Waals surface area contributed by atoms with Crippen molar-refractivity contribution in [1.82, 2.24) is 0 Å². The van der Waals surface area contributed by atoms with Gasteiger partial charge in [0.15, 0.2) is 8.97 Å². The monoisotopic (exact) mass is 173 g/mol. The normalized spacial score (nSPS) is 33.4. The van der Waals surface area contributed by atoms with Crippen LogP contribution in [0.5, 0.6) is 0 Å². The lowest BCUT2D eigenvalue weighted by molar-refractivity contribution is 0.285. The average molecular weight is 173 g/mol. The minimum absolute atomic E-state index is 0.863. The zero-order valence-corrected chi connectivity index (χ0v) is 8.57. The molecule has 1 unspecified atom stereocenters. The summed E-state index contributed by atoms with van der Waals surface area (Å²) in [5, 5.41) is 0. The fourth-order valence-corrected chi connectivity index (χ4v) is 3.74. The fraction of sp³-hybridized carbons (Fsp3) is 1.00. The Morgan fingerprint density at radius 1 is 1.45 bits per heavy atom. The summed E-state index contributed by atoms with van der Waals surface area (Å²) in [5.74, 6) is 0. The van der Waals surface area contributed by atoms with Crippen LogP contribution in [0.3, 0.4) is 0 Å².